The fourth-order valence-corrected chi connectivity index (χ4v) is 2.71. The molecule has 0 aliphatic rings. The Balaban J connectivity index is 0.000000282. The Morgan fingerprint density at radius 2 is 1.62 bits per heavy atom. The highest BCUT2D eigenvalue weighted by Gasteiger charge is 2.15. The van der Waals surface area contributed by atoms with Crippen LogP contribution in [0.5, 0.6) is 0 Å². The van der Waals surface area contributed by atoms with Crippen molar-refractivity contribution in [2.24, 2.45) is 0 Å². The number of aromatic nitrogens is 2. The van der Waals surface area contributed by atoms with Crippen LogP contribution < -0.4 is 23.2 Å². The predicted octanol–water partition coefficient (Wildman–Crippen LogP) is -1.87. The molecule has 3 aromatic rings. The standard InChI is InChI=1S/C13H11N2S.ClHO4/c1-10-6-4-5-9-15(10)13-14-11-7-2-3-8-12(11)16-13;2-1(3,4)5/h2-9H,1H3;(H,2,3,4,5)/q+1;/p-1. The number of nitrogens with zero attached hydrogens (tertiary/aromatic N) is 2. The lowest BCUT2D eigenvalue weighted by Crippen LogP contribution is -2.68. The van der Waals surface area contributed by atoms with Crippen LogP contribution in [0.1, 0.15) is 5.69 Å². The van der Waals surface area contributed by atoms with Gasteiger partial charge in [0.25, 0.3) is 0 Å². The van der Waals surface area contributed by atoms with Crippen LogP contribution in [-0.4, -0.2) is 4.98 Å². The molecule has 0 fully saturated rings. The summed E-state index contributed by atoms with van der Waals surface area (Å²) in [5, 5.41) is 1.03. The summed E-state index contributed by atoms with van der Waals surface area (Å²) in [5.74, 6) is 0. The van der Waals surface area contributed by atoms with Crippen molar-refractivity contribution < 1.29 is 33.4 Å². The van der Waals surface area contributed by atoms with Gasteiger partial charge in [-0.3, -0.25) is 0 Å². The van der Waals surface area contributed by atoms with E-state index in [1.54, 1.807) is 11.3 Å². The highest BCUT2D eigenvalue weighted by atomic mass is 35.7. The number of hydrogen-bond acceptors (Lipinski definition) is 6. The van der Waals surface area contributed by atoms with Gasteiger partial charge in [-0.05, 0) is 47.5 Å². The third-order valence-electron chi connectivity index (χ3n) is 2.55. The Bertz CT molecular complexity index is 703. The first-order valence-electron chi connectivity index (χ1n) is 5.79. The van der Waals surface area contributed by atoms with Crippen molar-refractivity contribution in [3.05, 3.63) is 54.4 Å². The topological polar surface area (TPSA) is 109 Å². The van der Waals surface area contributed by atoms with Crippen LogP contribution in [-0.2, 0) is 0 Å². The Labute approximate surface area is 126 Å². The van der Waals surface area contributed by atoms with Crippen LogP contribution >= 0.6 is 11.3 Å². The summed E-state index contributed by atoms with van der Waals surface area (Å²) in [6.45, 7) is 2.09. The lowest BCUT2D eigenvalue weighted by atomic mass is 10.3. The molecular weight excluding hydrogens is 316 g/mol. The minimum Gasteiger partial charge on any atom is -0.222 e. The SMILES string of the molecule is Cc1cccc[n+]1-c1nc2ccccc2s1.[O-][Cl+3]([O-])([O-])[O-]. The summed E-state index contributed by atoms with van der Waals surface area (Å²) < 4.78 is 37.3. The van der Waals surface area contributed by atoms with Crippen molar-refractivity contribution >= 4 is 21.6 Å². The summed E-state index contributed by atoms with van der Waals surface area (Å²) in [7, 11) is -4.94. The third-order valence-corrected chi connectivity index (χ3v) is 3.59. The lowest BCUT2D eigenvalue weighted by molar-refractivity contribution is -2.00. The normalized spacial score (nSPS) is 11.1. The molecule has 0 radical (unpaired) electrons. The molecule has 110 valence electrons. The number of pyridine rings is 1. The van der Waals surface area contributed by atoms with Gasteiger partial charge in [-0.2, -0.15) is 4.57 Å². The number of aryl methyl sites for hydroxylation is 1. The molecule has 0 spiro atoms. The second-order valence-electron chi connectivity index (χ2n) is 4.05. The average molecular weight is 327 g/mol. The summed E-state index contributed by atoms with van der Waals surface area (Å²) in [4.78, 5) is 4.63. The molecule has 0 saturated heterocycles. The fourth-order valence-electron chi connectivity index (χ4n) is 1.71. The molecule has 0 bridgehead atoms. The van der Waals surface area contributed by atoms with E-state index in [2.05, 4.69) is 28.6 Å². The molecule has 2 aromatic heterocycles. The molecule has 0 N–H and O–H groups in total. The van der Waals surface area contributed by atoms with Crippen molar-refractivity contribution in [3.8, 4) is 5.13 Å². The van der Waals surface area contributed by atoms with Crippen LogP contribution in [0, 0.1) is 17.2 Å². The molecule has 0 saturated carbocycles. The maximum absolute atomic E-state index is 8.49. The molecule has 6 nitrogen and oxygen atoms in total. The second-order valence-corrected chi connectivity index (χ2v) is 5.82. The molecule has 8 heteroatoms. The largest absolute Gasteiger partial charge is 0.388 e. The number of rotatable bonds is 1. The summed E-state index contributed by atoms with van der Waals surface area (Å²) >= 11 is 1.72. The Morgan fingerprint density at radius 3 is 2.24 bits per heavy atom. The first-order chi connectivity index (χ1) is 9.84. The molecule has 2 heterocycles. The van der Waals surface area contributed by atoms with Gasteiger partial charge in [0, 0.05) is 0 Å². The smallest absolute Gasteiger partial charge is 0.222 e. The number of thiazole rings is 1. The molecule has 3 rings (SSSR count). The Kier molecular flexibility index (Phi) is 4.84. The molecule has 0 aliphatic carbocycles. The van der Waals surface area contributed by atoms with Crippen LogP contribution in [0.3, 0.4) is 0 Å². The van der Waals surface area contributed by atoms with E-state index in [0.29, 0.717) is 0 Å². The van der Waals surface area contributed by atoms with Crippen molar-refractivity contribution in [2.45, 2.75) is 6.92 Å². The van der Waals surface area contributed by atoms with Gasteiger partial charge in [-0.25, -0.2) is 18.6 Å². The number of hydrogen-bond donors (Lipinski definition) is 0. The molecule has 0 unspecified atom stereocenters. The molecule has 0 atom stereocenters. The van der Waals surface area contributed by atoms with Gasteiger partial charge < -0.3 is 0 Å². The van der Waals surface area contributed by atoms with Gasteiger partial charge in [0.2, 0.25) is 0 Å². The van der Waals surface area contributed by atoms with E-state index in [4.69, 9.17) is 18.6 Å². The number of fused-ring (bicyclic) bond motifs is 1. The van der Waals surface area contributed by atoms with E-state index in [-0.39, 0.29) is 0 Å². The molecule has 1 aromatic carbocycles. The molecule has 0 amide bonds. The predicted molar refractivity (Wildman–Crippen MR) is 65.9 cm³/mol. The van der Waals surface area contributed by atoms with Gasteiger partial charge in [0.05, 0.1) is 10.9 Å². The van der Waals surface area contributed by atoms with E-state index < -0.39 is 10.2 Å². The highest BCUT2D eigenvalue weighted by Crippen LogP contribution is 2.21. The monoisotopic (exact) mass is 326 g/mol. The minimum absolute atomic E-state index is 1.03. The van der Waals surface area contributed by atoms with Gasteiger partial charge in [0.15, 0.2) is 5.52 Å². The van der Waals surface area contributed by atoms with Crippen molar-refractivity contribution in [2.75, 3.05) is 0 Å². The van der Waals surface area contributed by atoms with Crippen LogP contribution in [0.4, 0.5) is 0 Å². The van der Waals surface area contributed by atoms with Gasteiger partial charge in [0.1, 0.15) is 5.69 Å². The van der Waals surface area contributed by atoms with Crippen molar-refractivity contribution in [1.82, 2.24) is 4.98 Å². The average Bonchev–Trinajstić information content (AvgIpc) is 2.80. The quantitative estimate of drug-likeness (QED) is 0.486. The Morgan fingerprint density at radius 1 is 1.00 bits per heavy atom. The van der Waals surface area contributed by atoms with E-state index in [1.165, 1.54) is 10.4 Å². The van der Waals surface area contributed by atoms with Gasteiger partial charge in [-0.15, -0.1) is 10.2 Å². The summed E-state index contributed by atoms with van der Waals surface area (Å²) in [5.41, 5.74) is 2.26. The fraction of sp³-hybridized carbons (Fsp3) is 0.0769. The first kappa shape index (κ1) is 15.8. The minimum atomic E-state index is -4.94. The number of benzene rings is 1. The van der Waals surface area contributed by atoms with Gasteiger partial charge in [-0.1, -0.05) is 18.2 Å². The zero-order chi connectivity index (χ0) is 15.5. The zero-order valence-corrected chi connectivity index (χ0v) is 12.5. The van der Waals surface area contributed by atoms with E-state index >= 15 is 0 Å². The maximum Gasteiger partial charge on any atom is 0.388 e. The Hall–Kier alpha value is -1.61. The summed E-state index contributed by atoms with van der Waals surface area (Å²) in [6.07, 6.45) is 2.05. The number of para-hydroxylation sites is 1. The lowest BCUT2D eigenvalue weighted by Gasteiger charge is -2.17. The van der Waals surface area contributed by atoms with E-state index in [9.17, 15) is 0 Å². The molecular formula is C13H11ClN2O4S. The summed E-state index contributed by atoms with van der Waals surface area (Å²) in [6, 6.07) is 14.4. The first-order valence-corrected chi connectivity index (χ1v) is 7.85. The molecule has 21 heavy (non-hydrogen) atoms. The third kappa shape index (κ3) is 4.71. The second kappa shape index (κ2) is 6.44. The highest BCUT2D eigenvalue weighted by molar-refractivity contribution is 7.20. The van der Waals surface area contributed by atoms with Crippen molar-refractivity contribution in [1.29, 1.82) is 0 Å². The number of halogens is 1. The van der Waals surface area contributed by atoms with Crippen LogP contribution in [0.2, 0.25) is 0 Å². The van der Waals surface area contributed by atoms with E-state index in [1.807, 2.05) is 36.5 Å². The van der Waals surface area contributed by atoms with Crippen molar-refractivity contribution in [3.63, 3.8) is 0 Å². The molecule has 0 aliphatic heterocycles. The van der Waals surface area contributed by atoms with Crippen LogP contribution in [0.25, 0.3) is 15.3 Å². The maximum atomic E-state index is 8.49. The van der Waals surface area contributed by atoms with Crippen LogP contribution in [0.15, 0.2) is 48.7 Å². The zero-order valence-electron chi connectivity index (χ0n) is 10.9. The van der Waals surface area contributed by atoms with Gasteiger partial charge >= 0.3 is 5.13 Å². The van der Waals surface area contributed by atoms with E-state index in [0.717, 1.165) is 10.6 Å².